The highest BCUT2D eigenvalue weighted by Gasteiger charge is 2.37. The molecule has 2 aliphatic rings. The van der Waals surface area contributed by atoms with Gasteiger partial charge in [0.05, 0.1) is 17.2 Å². The standard InChI is InChI=1S/C24H26F3N7O/c1-16-10-17(2)34(30-16)22-12-21(28-15-29-22)33-13-18(14-33)23(35)32-8-6-31(7-9-32)20-5-3-4-19(11-20)24(25,26)27/h3-5,10-12,15,18H,6-9,13-14H2,1-2H3. The monoisotopic (exact) mass is 485 g/mol. The minimum absolute atomic E-state index is 0.0813. The zero-order valence-corrected chi connectivity index (χ0v) is 19.5. The van der Waals surface area contributed by atoms with Crippen LogP contribution in [-0.4, -0.2) is 69.8 Å². The van der Waals surface area contributed by atoms with Crippen LogP contribution in [-0.2, 0) is 11.0 Å². The molecule has 0 radical (unpaired) electrons. The number of hydrogen-bond donors (Lipinski definition) is 0. The van der Waals surface area contributed by atoms with E-state index < -0.39 is 11.7 Å². The molecule has 8 nitrogen and oxygen atoms in total. The summed E-state index contributed by atoms with van der Waals surface area (Å²) < 4.78 is 40.9. The van der Waals surface area contributed by atoms with Gasteiger partial charge >= 0.3 is 6.18 Å². The lowest BCUT2D eigenvalue weighted by Gasteiger charge is -2.43. The number of alkyl halides is 3. The van der Waals surface area contributed by atoms with E-state index in [0.29, 0.717) is 50.8 Å². The average Bonchev–Trinajstić information content (AvgIpc) is 3.16. The highest BCUT2D eigenvalue weighted by molar-refractivity contribution is 5.82. The van der Waals surface area contributed by atoms with Crippen molar-refractivity contribution < 1.29 is 18.0 Å². The van der Waals surface area contributed by atoms with Crippen molar-refractivity contribution in [3.05, 3.63) is 59.7 Å². The summed E-state index contributed by atoms with van der Waals surface area (Å²) in [6.45, 7) is 7.01. The Bertz CT molecular complexity index is 1230. The lowest BCUT2D eigenvalue weighted by atomic mass is 9.98. The van der Waals surface area contributed by atoms with Gasteiger partial charge in [0, 0.05) is 56.7 Å². The molecule has 0 spiro atoms. The van der Waals surface area contributed by atoms with Crippen molar-refractivity contribution in [2.45, 2.75) is 20.0 Å². The van der Waals surface area contributed by atoms with E-state index >= 15 is 0 Å². The largest absolute Gasteiger partial charge is 0.416 e. The number of rotatable bonds is 4. The van der Waals surface area contributed by atoms with Crippen molar-refractivity contribution in [3.63, 3.8) is 0 Å². The molecule has 2 aliphatic heterocycles. The summed E-state index contributed by atoms with van der Waals surface area (Å²) in [7, 11) is 0. The fourth-order valence-corrected chi connectivity index (χ4v) is 4.63. The molecule has 5 rings (SSSR count). The maximum Gasteiger partial charge on any atom is 0.416 e. The average molecular weight is 486 g/mol. The van der Waals surface area contributed by atoms with Gasteiger partial charge in [-0.25, -0.2) is 14.6 Å². The highest BCUT2D eigenvalue weighted by atomic mass is 19.4. The van der Waals surface area contributed by atoms with Gasteiger partial charge in [-0.1, -0.05) is 6.07 Å². The van der Waals surface area contributed by atoms with Crippen LogP contribution in [0.2, 0.25) is 0 Å². The molecule has 2 aromatic heterocycles. The van der Waals surface area contributed by atoms with Crippen molar-refractivity contribution in [1.82, 2.24) is 24.6 Å². The predicted octanol–water partition coefficient (Wildman–Crippen LogP) is 3.08. The Morgan fingerprint density at radius 1 is 0.943 bits per heavy atom. The highest BCUT2D eigenvalue weighted by Crippen LogP contribution is 2.32. The van der Waals surface area contributed by atoms with Gasteiger partial charge in [0.2, 0.25) is 5.91 Å². The number of halogens is 3. The van der Waals surface area contributed by atoms with Crippen LogP contribution >= 0.6 is 0 Å². The van der Waals surface area contributed by atoms with Gasteiger partial charge in [-0.3, -0.25) is 4.79 Å². The smallest absolute Gasteiger partial charge is 0.368 e. The molecule has 2 saturated heterocycles. The normalized spacial score (nSPS) is 17.0. The second-order valence-electron chi connectivity index (χ2n) is 9.04. The lowest BCUT2D eigenvalue weighted by Crippen LogP contribution is -2.58. The third-order valence-electron chi connectivity index (χ3n) is 6.55. The van der Waals surface area contributed by atoms with E-state index in [0.717, 1.165) is 23.3 Å². The lowest BCUT2D eigenvalue weighted by molar-refractivity contribution is -0.137. The maximum absolute atomic E-state index is 13.0. The van der Waals surface area contributed by atoms with Gasteiger partial charge in [0.25, 0.3) is 0 Å². The summed E-state index contributed by atoms with van der Waals surface area (Å²) in [5.41, 5.74) is 1.76. The molecular formula is C24H26F3N7O. The van der Waals surface area contributed by atoms with Crippen LogP contribution < -0.4 is 9.80 Å². The predicted molar refractivity (Wildman–Crippen MR) is 125 cm³/mol. The summed E-state index contributed by atoms with van der Waals surface area (Å²) >= 11 is 0. The molecule has 0 aliphatic carbocycles. The first-order chi connectivity index (χ1) is 16.7. The van der Waals surface area contributed by atoms with Crippen molar-refractivity contribution >= 4 is 17.4 Å². The molecule has 0 unspecified atom stereocenters. The third-order valence-corrected chi connectivity index (χ3v) is 6.55. The number of carbonyl (C=O) groups excluding carboxylic acids is 1. The second-order valence-corrected chi connectivity index (χ2v) is 9.04. The molecule has 3 aromatic rings. The van der Waals surface area contributed by atoms with Crippen LogP contribution in [0.1, 0.15) is 17.0 Å². The summed E-state index contributed by atoms with van der Waals surface area (Å²) in [4.78, 5) is 27.4. The number of aromatic nitrogens is 4. The molecule has 35 heavy (non-hydrogen) atoms. The number of nitrogens with zero attached hydrogens (tertiary/aromatic N) is 7. The maximum atomic E-state index is 13.0. The first-order valence-corrected chi connectivity index (χ1v) is 11.5. The molecule has 2 fully saturated rings. The molecule has 0 bridgehead atoms. The van der Waals surface area contributed by atoms with Gasteiger partial charge in [-0.2, -0.15) is 18.3 Å². The fourth-order valence-electron chi connectivity index (χ4n) is 4.63. The number of amides is 1. The topological polar surface area (TPSA) is 70.4 Å². The van der Waals surface area contributed by atoms with E-state index in [4.69, 9.17) is 0 Å². The molecule has 184 valence electrons. The Kier molecular flexibility index (Phi) is 5.86. The Morgan fingerprint density at radius 2 is 1.66 bits per heavy atom. The molecule has 0 atom stereocenters. The van der Waals surface area contributed by atoms with Crippen molar-refractivity contribution in [1.29, 1.82) is 0 Å². The van der Waals surface area contributed by atoms with E-state index in [-0.39, 0.29) is 11.8 Å². The number of anilines is 2. The molecule has 1 aromatic carbocycles. The van der Waals surface area contributed by atoms with E-state index in [9.17, 15) is 18.0 Å². The van der Waals surface area contributed by atoms with E-state index in [1.165, 1.54) is 18.5 Å². The number of hydrogen-bond acceptors (Lipinski definition) is 6. The Hall–Kier alpha value is -3.63. The summed E-state index contributed by atoms with van der Waals surface area (Å²) in [6.07, 6.45) is -2.87. The molecule has 1 amide bonds. The van der Waals surface area contributed by atoms with Gasteiger partial charge in [0.1, 0.15) is 12.1 Å². The number of piperazine rings is 1. The Labute approximate surface area is 201 Å². The minimum atomic E-state index is -4.37. The number of carbonyl (C=O) groups is 1. The van der Waals surface area contributed by atoms with Gasteiger partial charge in [-0.15, -0.1) is 0 Å². The van der Waals surface area contributed by atoms with Crippen LogP contribution in [0.5, 0.6) is 0 Å². The molecule has 0 N–H and O–H groups in total. The van der Waals surface area contributed by atoms with Crippen molar-refractivity contribution in [2.24, 2.45) is 5.92 Å². The van der Waals surface area contributed by atoms with E-state index in [2.05, 4.69) is 15.1 Å². The third kappa shape index (κ3) is 4.67. The van der Waals surface area contributed by atoms with Crippen molar-refractivity contribution in [3.8, 4) is 5.82 Å². The minimum Gasteiger partial charge on any atom is -0.368 e. The second kappa shape index (κ2) is 8.86. The summed E-state index contributed by atoms with van der Waals surface area (Å²) in [6, 6.07) is 9.19. The van der Waals surface area contributed by atoms with E-state index in [1.807, 2.05) is 40.7 Å². The van der Waals surface area contributed by atoms with Crippen LogP contribution in [0.3, 0.4) is 0 Å². The summed E-state index contributed by atoms with van der Waals surface area (Å²) in [5, 5.41) is 4.46. The zero-order valence-electron chi connectivity index (χ0n) is 19.5. The quantitative estimate of drug-likeness (QED) is 0.566. The Morgan fingerprint density at radius 3 is 2.31 bits per heavy atom. The molecule has 11 heteroatoms. The van der Waals surface area contributed by atoms with Crippen molar-refractivity contribution in [2.75, 3.05) is 49.1 Å². The molecule has 4 heterocycles. The van der Waals surface area contributed by atoms with Gasteiger partial charge in [-0.05, 0) is 38.1 Å². The zero-order chi connectivity index (χ0) is 24.7. The molecule has 0 saturated carbocycles. The molecular weight excluding hydrogens is 459 g/mol. The fraction of sp³-hybridized carbons (Fsp3) is 0.417. The van der Waals surface area contributed by atoms with Crippen LogP contribution in [0.25, 0.3) is 5.82 Å². The SMILES string of the molecule is Cc1cc(C)n(-c2cc(N3CC(C(=O)N4CCN(c5cccc(C(F)(F)F)c5)CC4)C3)ncn2)n1. The van der Waals surface area contributed by atoms with Crippen LogP contribution in [0.15, 0.2) is 42.7 Å². The number of aryl methyl sites for hydroxylation is 2. The first kappa shape index (κ1) is 23.1. The number of benzene rings is 1. The first-order valence-electron chi connectivity index (χ1n) is 11.5. The van der Waals surface area contributed by atoms with E-state index in [1.54, 1.807) is 10.7 Å². The van der Waals surface area contributed by atoms with Crippen LogP contribution in [0, 0.1) is 19.8 Å². The van der Waals surface area contributed by atoms with Gasteiger partial charge < -0.3 is 14.7 Å². The van der Waals surface area contributed by atoms with Crippen LogP contribution in [0.4, 0.5) is 24.7 Å². The summed E-state index contributed by atoms with van der Waals surface area (Å²) in [5.74, 6) is 1.39. The Balaban J connectivity index is 1.16. The van der Waals surface area contributed by atoms with Gasteiger partial charge in [0.15, 0.2) is 5.82 Å².